The second kappa shape index (κ2) is 16.0. The van der Waals surface area contributed by atoms with E-state index in [1.807, 2.05) is 0 Å². The lowest BCUT2D eigenvalue weighted by Crippen LogP contribution is -2.57. The van der Waals surface area contributed by atoms with Gasteiger partial charge in [-0.05, 0) is 19.3 Å². The number of nitrogens with zero attached hydrogens (tertiary/aromatic N) is 2. The second-order valence-corrected chi connectivity index (χ2v) is 8.34. The summed E-state index contributed by atoms with van der Waals surface area (Å²) in [5, 5.41) is 25.3. The zero-order chi connectivity index (χ0) is 28.0. The number of nitrogens with one attached hydrogen (secondary N) is 4. The molecule has 0 fully saturated rings. The van der Waals surface area contributed by atoms with E-state index in [4.69, 9.17) is 22.3 Å². The van der Waals surface area contributed by atoms with Crippen molar-refractivity contribution in [3.8, 4) is 0 Å². The van der Waals surface area contributed by atoms with Crippen molar-refractivity contribution >= 4 is 48.2 Å². The molecule has 16 nitrogen and oxygen atoms in total. The number of imidazole rings is 1. The molecule has 1 rings (SSSR count). The van der Waals surface area contributed by atoms with E-state index in [0.29, 0.717) is 5.69 Å². The van der Waals surface area contributed by atoms with Crippen molar-refractivity contribution in [3.63, 3.8) is 0 Å². The molecule has 3 amide bonds. The Hall–Kier alpha value is -3.86. The molecule has 1 aromatic heterocycles. The van der Waals surface area contributed by atoms with E-state index < -0.39 is 53.8 Å². The summed E-state index contributed by atoms with van der Waals surface area (Å²) in [7, 11) is 0. The highest BCUT2D eigenvalue weighted by Crippen LogP contribution is 2.05. The zero-order valence-corrected chi connectivity index (χ0v) is 20.8. The summed E-state index contributed by atoms with van der Waals surface area (Å²) in [6.45, 7) is 0.143. The molecular formula is C20H33N9O7S. The summed E-state index contributed by atoms with van der Waals surface area (Å²) >= 11 is 3.91. The minimum absolute atomic E-state index is 0.0378. The number of aliphatic imine (C=N–C) groups is 1. The molecule has 0 bridgehead atoms. The number of carboxylic acids is 2. The summed E-state index contributed by atoms with van der Waals surface area (Å²) < 4.78 is 0. The van der Waals surface area contributed by atoms with Crippen molar-refractivity contribution in [2.45, 2.75) is 56.3 Å². The van der Waals surface area contributed by atoms with Gasteiger partial charge < -0.3 is 48.3 Å². The molecular weight excluding hydrogens is 510 g/mol. The monoisotopic (exact) mass is 543 g/mol. The van der Waals surface area contributed by atoms with Crippen LogP contribution in [0.25, 0.3) is 0 Å². The van der Waals surface area contributed by atoms with Gasteiger partial charge in [0.05, 0.1) is 12.4 Å². The predicted octanol–water partition coefficient (Wildman–Crippen LogP) is -3.33. The first kappa shape index (κ1) is 31.2. The summed E-state index contributed by atoms with van der Waals surface area (Å²) in [6, 6.07) is -4.93. The molecule has 0 aromatic carbocycles. The number of hydrogen-bond donors (Lipinski definition) is 10. The number of amides is 3. The van der Waals surface area contributed by atoms with E-state index >= 15 is 0 Å². The summed E-state index contributed by atoms with van der Waals surface area (Å²) in [6.07, 6.45) is 2.53. The Labute approximate surface area is 217 Å². The maximum absolute atomic E-state index is 13.2. The summed E-state index contributed by atoms with van der Waals surface area (Å²) in [4.78, 5) is 71.1. The normalized spacial score (nSPS) is 13.9. The number of H-pyrrole nitrogens is 1. The van der Waals surface area contributed by atoms with Crippen LogP contribution in [0, 0.1) is 0 Å². The number of aliphatic carboxylic acids is 2. The van der Waals surface area contributed by atoms with Crippen LogP contribution in [-0.2, 0) is 30.4 Å². The van der Waals surface area contributed by atoms with Gasteiger partial charge in [-0.25, -0.2) is 9.78 Å². The predicted molar refractivity (Wildman–Crippen MR) is 134 cm³/mol. The fourth-order valence-corrected chi connectivity index (χ4v) is 3.26. The Morgan fingerprint density at radius 3 is 2.16 bits per heavy atom. The first-order valence-corrected chi connectivity index (χ1v) is 11.8. The van der Waals surface area contributed by atoms with Gasteiger partial charge in [0, 0.05) is 37.0 Å². The Morgan fingerprint density at radius 2 is 1.62 bits per heavy atom. The van der Waals surface area contributed by atoms with Gasteiger partial charge >= 0.3 is 11.9 Å². The van der Waals surface area contributed by atoms with Gasteiger partial charge in [0.15, 0.2) is 5.96 Å². The van der Waals surface area contributed by atoms with E-state index in [-0.39, 0.29) is 50.4 Å². The van der Waals surface area contributed by atoms with Crippen LogP contribution in [0.3, 0.4) is 0 Å². The number of thiol groups is 1. The molecule has 17 heteroatoms. The third kappa shape index (κ3) is 12.1. The van der Waals surface area contributed by atoms with Gasteiger partial charge in [0.2, 0.25) is 17.7 Å². The lowest BCUT2D eigenvalue weighted by atomic mass is 10.1. The average molecular weight is 544 g/mol. The number of carbonyl (C=O) groups is 5. The van der Waals surface area contributed by atoms with Crippen LogP contribution in [0.15, 0.2) is 17.5 Å². The molecule has 37 heavy (non-hydrogen) atoms. The van der Waals surface area contributed by atoms with E-state index in [1.165, 1.54) is 12.5 Å². The zero-order valence-electron chi connectivity index (χ0n) is 19.9. The molecule has 0 spiro atoms. The quantitative estimate of drug-likeness (QED) is 0.0401. The van der Waals surface area contributed by atoms with Gasteiger partial charge in [-0.15, -0.1) is 0 Å². The number of carbonyl (C=O) groups excluding carboxylic acids is 3. The van der Waals surface area contributed by atoms with E-state index in [9.17, 15) is 29.1 Å². The molecule has 206 valence electrons. The van der Waals surface area contributed by atoms with Crippen LogP contribution in [0.5, 0.6) is 0 Å². The molecule has 1 heterocycles. The first-order chi connectivity index (χ1) is 17.4. The van der Waals surface area contributed by atoms with Crippen molar-refractivity contribution < 1.29 is 34.2 Å². The van der Waals surface area contributed by atoms with Crippen LogP contribution >= 0.6 is 12.6 Å². The van der Waals surface area contributed by atoms with Gasteiger partial charge in [-0.1, -0.05) is 0 Å². The van der Waals surface area contributed by atoms with Crippen LogP contribution in [-0.4, -0.2) is 92.3 Å². The fraction of sp³-hybridized carbons (Fsp3) is 0.550. The molecule has 0 saturated heterocycles. The molecule has 0 aliphatic carbocycles. The number of aromatic amines is 1. The third-order valence-corrected chi connectivity index (χ3v) is 5.36. The van der Waals surface area contributed by atoms with Crippen LogP contribution in [0.1, 0.15) is 31.4 Å². The van der Waals surface area contributed by atoms with E-state index in [2.05, 4.69) is 43.5 Å². The molecule has 1 aromatic rings. The number of hydrogen-bond acceptors (Lipinski definition) is 9. The number of rotatable bonds is 17. The van der Waals surface area contributed by atoms with Crippen LogP contribution in [0.2, 0.25) is 0 Å². The largest absolute Gasteiger partial charge is 0.481 e. The SMILES string of the molecule is NC(N)=NCCCC(NC(=O)C(Cc1cnc[nH]1)NC(=O)C(N)CCC(=O)O)C(=O)NC(CS)C(=O)O. The summed E-state index contributed by atoms with van der Waals surface area (Å²) in [5.41, 5.74) is 16.8. The molecule has 12 N–H and O–H groups in total. The molecule has 0 aliphatic rings. The van der Waals surface area contributed by atoms with Crippen molar-refractivity contribution in [1.82, 2.24) is 25.9 Å². The summed E-state index contributed by atoms with van der Waals surface area (Å²) in [5.74, 6) is -5.12. The Balaban J connectivity index is 3.05. The minimum atomic E-state index is -1.31. The van der Waals surface area contributed by atoms with Crippen molar-refractivity contribution in [1.29, 1.82) is 0 Å². The van der Waals surface area contributed by atoms with E-state index in [1.54, 1.807) is 0 Å². The first-order valence-electron chi connectivity index (χ1n) is 11.2. The Kier molecular flexibility index (Phi) is 13.5. The topological polar surface area (TPSA) is 281 Å². The maximum atomic E-state index is 13.2. The molecule has 4 atom stereocenters. The number of carboxylic acid groups (broad SMARTS) is 2. The number of guanidine groups is 1. The van der Waals surface area contributed by atoms with Crippen LogP contribution in [0.4, 0.5) is 0 Å². The highest BCUT2D eigenvalue weighted by molar-refractivity contribution is 7.80. The maximum Gasteiger partial charge on any atom is 0.327 e. The number of nitrogens with two attached hydrogens (primary N) is 3. The average Bonchev–Trinajstić information content (AvgIpc) is 3.34. The van der Waals surface area contributed by atoms with Crippen molar-refractivity contribution in [3.05, 3.63) is 18.2 Å². The van der Waals surface area contributed by atoms with Gasteiger partial charge in [0.1, 0.15) is 18.1 Å². The standard InChI is InChI=1S/C20H33N9O7S/c21-11(3-4-15(30)31)16(32)28-13(6-10-7-24-9-26-10)18(34)27-12(2-1-5-25-20(22)23)17(33)29-14(8-37)19(35)36/h7,9,11-14,37H,1-6,8,21H2,(H,24,26)(H,27,34)(H,28,32)(H,29,33)(H,30,31)(H,35,36)(H4,22,23,25). The molecule has 0 radical (unpaired) electrons. The van der Waals surface area contributed by atoms with Gasteiger partial charge in [-0.3, -0.25) is 24.2 Å². The number of aromatic nitrogens is 2. The van der Waals surface area contributed by atoms with Gasteiger partial charge in [0.25, 0.3) is 0 Å². The Bertz CT molecular complexity index is 954. The minimum Gasteiger partial charge on any atom is -0.481 e. The van der Waals surface area contributed by atoms with Crippen molar-refractivity contribution in [2.75, 3.05) is 12.3 Å². The third-order valence-electron chi connectivity index (χ3n) is 4.99. The molecule has 0 aliphatic heterocycles. The van der Waals surface area contributed by atoms with Crippen molar-refractivity contribution in [2.24, 2.45) is 22.2 Å². The molecule has 4 unspecified atom stereocenters. The lowest BCUT2D eigenvalue weighted by Gasteiger charge is -2.25. The van der Waals surface area contributed by atoms with Gasteiger partial charge in [-0.2, -0.15) is 12.6 Å². The van der Waals surface area contributed by atoms with Crippen LogP contribution < -0.4 is 33.2 Å². The fourth-order valence-electron chi connectivity index (χ4n) is 3.02. The second-order valence-electron chi connectivity index (χ2n) is 7.97. The van der Waals surface area contributed by atoms with E-state index in [0.717, 1.165) is 0 Å². The highest BCUT2D eigenvalue weighted by Gasteiger charge is 2.30. The lowest BCUT2D eigenvalue weighted by molar-refractivity contribution is -0.141. The smallest absolute Gasteiger partial charge is 0.327 e. The molecule has 0 saturated carbocycles. The highest BCUT2D eigenvalue weighted by atomic mass is 32.1. The Morgan fingerprint density at radius 1 is 1.00 bits per heavy atom.